The first-order chi connectivity index (χ1) is 21.3. The number of rotatable bonds is 6. The van der Waals surface area contributed by atoms with Crippen molar-refractivity contribution in [3.8, 4) is 17.3 Å². The minimum Gasteiger partial charge on any atom is -0.461 e. The van der Waals surface area contributed by atoms with Crippen molar-refractivity contribution < 1.29 is 18.3 Å². The third-order valence-electron chi connectivity index (χ3n) is 10.1. The number of likely N-dealkylation sites (tertiary alicyclic amines) is 1. The van der Waals surface area contributed by atoms with Crippen LogP contribution in [0.15, 0.2) is 54.9 Å². The van der Waals surface area contributed by atoms with Gasteiger partial charge in [-0.05, 0) is 68.8 Å². The van der Waals surface area contributed by atoms with Crippen molar-refractivity contribution in [1.29, 1.82) is 0 Å². The zero-order valence-corrected chi connectivity index (χ0v) is 24.9. The molecule has 8 nitrogen and oxygen atoms in total. The number of halogens is 3. The van der Waals surface area contributed by atoms with Crippen LogP contribution in [0.3, 0.4) is 0 Å². The van der Waals surface area contributed by atoms with E-state index in [1.807, 2.05) is 30.3 Å². The Morgan fingerprint density at radius 2 is 1.86 bits per heavy atom. The van der Waals surface area contributed by atoms with Crippen molar-refractivity contribution in [3.63, 3.8) is 0 Å². The largest absolute Gasteiger partial charge is 0.461 e. The number of aromatic nitrogens is 3. The lowest BCUT2D eigenvalue weighted by Gasteiger charge is -2.47. The quantitative estimate of drug-likeness (QED) is 0.249. The van der Waals surface area contributed by atoms with Crippen molar-refractivity contribution in [1.82, 2.24) is 24.8 Å². The topological polar surface area (TPSA) is 74.7 Å². The summed E-state index contributed by atoms with van der Waals surface area (Å²) in [4.78, 5) is 33.3. The molecule has 4 fully saturated rings. The maximum absolute atomic E-state index is 14.5. The molecule has 4 saturated heterocycles. The number of anilines is 1. The molecule has 0 N–H and O–H groups in total. The Morgan fingerprint density at radius 1 is 1.05 bits per heavy atom. The molecule has 44 heavy (non-hydrogen) atoms. The van der Waals surface area contributed by atoms with Gasteiger partial charge in [-0.2, -0.15) is 9.97 Å². The summed E-state index contributed by atoms with van der Waals surface area (Å²) in [5.41, 5.74) is 1.76. The highest BCUT2D eigenvalue weighted by Crippen LogP contribution is 2.42. The van der Waals surface area contributed by atoms with Gasteiger partial charge in [-0.1, -0.05) is 42.4 Å². The number of nitrogens with zero attached hydrogens (tertiary/aromatic N) is 6. The summed E-state index contributed by atoms with van der Waals surface area (Å²) >= 11 is 6.45. The fraction of sp³-hybridized carbons (Fsp3) is 0.394. The van der Waals surface area contributed by atoms with Gasteiger partial charge in [0.15, 0.2) is 11.5 Å². The van der Waals surface area contributed by atoms with Gasteiger partial charge in [-0.25, -0.2) is 13.8 Å². The minimum absolute atomic E-state index is 0.0116. The van der Waals surface area contributed by atoms with Crippen molar-refractivity contribution in [2.45, 2.75) is 49.7 Å². The summed E-state index contributed by atoms with van der Waals surface area (Å²) in [6.07, 6.45) is 5.18. The molecule has 2 aromatic heterocycles. The zero-order chi connectivity index (χ0) is 30.2. The van der Waals surface area contributed by atoms with E-state index in [0.29, 0.717) is 54.2 Å². The second-order valence-corrected chi connectivity index (χ2v) is 12.7. The number of ether oxygens (including phenoxy) is 1. The van der Waals surface area contributed by atoms with Crippen LogP contribution < -0.4 is 9.64 Å². The van der Waals surface area contributed by atoms with E-state index in [0.717, 1.165) is 49.5 Å². The molecule has 4 aliphatic rings. The SMILES string of the molecule is C=C(F)C(=O)N1CCC2[C@H]1CN2c1nc(OCC23CCCN2CCC3)nc2nc(-c3cccc4ccc(F)c(Cl)c34)ccc12. The van der Waals surface area contributed by atoms with E-state index >= 15 is 0 Å². The predicted molar refractivity (Wildman–Crippen MR) is 165 cm³/mol. The van der Waals surface area contributed by atoms with Crippen LogP contribution in [0.1, 0.15) is 32.1 Å². The van der Waals surface area contributed by atoms with Crippen molar-refractivity contribution in [3.05, 3.63) is 65.7 Å². The Kier molecular flexibility index (Phi) is 6.50. The summed E-state index contributed by atoms with van der Waals surface area (Å²) in [7, 11) is 0. The number of benzene rings is 2. The van der Waals surface area contributed by atoms with E-state index in [-0.39, 0.29) is 28.7 Å². The van der Waals surface area contributed by atoms with Gasteiger partial charge >= 0.3 is 6.01 Å². The third-order valence-corrected chi connectivity index (χ3v) is 10.4. The van der Waals surface area contributed by atoms with Gasteiger partial charge < -0.3 is 14.5 Å². The van der Waals surface area contributed by atoms with Crippen molar-refractivity contribution in [2.24, 2.45) is 0 Å². The lowest BCUT2D eigenvalue weighted by molar-refractivity contribution is -0.130. The third kappa shape index (κ3) is 4.25. The summed E-state index contributed by atoms with van der Waals surface area (Å²) in [5.74, 6) is -1.41. The number of carbonyl (C=O) groups is 1. The summed E-state index contributed by atoms with van der Waals surface area (Å²) < 4.78 is 34.6. The molecule has 8 rings (SSSR count). The lowest BCUT2D eigenvalue weighted by atomic mass is 9.95. The highest BCUT2D eigenvalue weighted by atomic mass is 35.5. The van der Waals surface area contributed by atoms with E-state index in [1.54, 1.807) is 11.0 Å². The first kappa shape index (κ1) is 27.6. The molecule has 0 saturated carbocycles. The highest BCUT2D eigenvalue weighted by Gasteiger charge is 2.50. The van der Waals surface area contributed by atoms with Gasteiger partial charge in [0.1, 0.15) is 18.2 Å². The van der Waals surface area contributed by atoms with Gasteiger partial charge in [0, 0.05) is 24.0 Å². The molecule has 0 bridgehead atoms. The van der Waals surface area contributed by atoms with Crippen LogP contribution in [0.2, 0.25) is 5.02 Å². The molecule has 2 atom stereocenters. The van der Waals surface area contributed by atoms with Crippen LogP contribution in [0.5, 0.6) is 6.01 Å². The Balaban J connectivity index is 1.20. The summed E-state index contributed by atoms with van der Waals surface area (Å²) in [6, 6.07) is 12.6. The number of hydrogen-bond donors (Lipinski definition) is 0. The first-order valence-corrected chi connectivity index (χ1v) is 15.6. The van der Waals surface area contributed by atoms with E-state index in [2.05, 4.69) is 16.4 Å². The van der Waals surface area contributed by atoms with Gasteiger partial charge in [0.25, 0.3) is 5.91 Å². The molecule has 1 unspecified atom stereocenters. The van der Waals surface area contributed by atoms with Crippen molar-refractivity contribution in [2.75, 3.05) is 37.7 Å². The fourth-order valence-electron chi connectivity index (χ4n) is 7.86. The van der Waals surface area contributed by atoms with E-state index in [1.165, 1.54) is 6.07 Å². The summed E-state index contributed by atoms with van der Waals surface area (Å²) in [6.45, 7) is 6.84. The van der Waals surface area contributed by atoms with Gasteiger partial charge in [-0.15, -0.1) is 0 Å². The predicted octanol–water partition coefficient (Wildman–Crippen LogP) is 5.92. The van der Waals surface area contributed by atoms with Crippen molar-refractivity contribution >= 4 is 45.1 Å². The van der Waals surface area contributed by atoms with Crippen LogP contribution >= 0.6 is 11.6 Å². The minimum atomic E-state index is -0.940. The Labute approximate surface area is 258 Å². The molecule has 11 heteroatoms. The maximum Gasteiger partial charge on any atom is 0.320 e. The molecule has 0 spiro atoms. The van der Waals surface area contributed by atoms with Crippen LogP contribution in [0.4, 0.5) is 14.6 Å². The van der Waals surface area contributed by atoms with E-state index in [4.69, 9.17) is 31.3 Å². The van der Waals surface area contributed by atoms with Crippen LogP contribution in [0, 0.1) is 5.82 Å². The first-order valence-electron chi connectivity index (χ1n) is 15.2. The molecule has 6 heterocycles. The Hall–Kier alpha value is -3.89. The van der Waals surface area contributed by atoms with Gasteiger partial charge in [0.2, 0.25) is 0 Å². The number of pyridine rings is 1. The lowest BCUT2D eigenvalue weighted by Crippen LogP contribution is -2.63. The Morgan fingerprint density at radius 3 is 2.66 bits per heavy atom. The summed E-state index contributed by atoms with van der Waals surface area (Å²) in [5, 5.41) is 2.18. The number of carbonyl (C=O) groups excluding carboxylic acids is 1. The molecule has 4 aliphatic heterocycles. The molecule has 0 aliphatic carbocycles. The molecular formula is C33H31ClF2N6O2. The molecule has 0 radical (unpaired) electrons. The van der Waals surface area contributed by atoms with E-state index < -0.39 is 17.6 Å². The number of amides is 1. The normalized spacial score (nSPS) is 22.3. The zero-order valence-electron chi connectivity index (χ0n) is 24.1. The highest BCUT2D eigenvalue weighted by molar-refractivity contribution is 6.36. The standard InChI is InChI=1S/C33H31ClF2N6O2/c1-19(35)31(43)41-16-11-25-26(41)17-42(25)30-22-8-10-24(21-6-2-5-20-7-9-23(36)28(34)27(20)21)37-29(22)38-32(39-30)44-18-33-12-3-14-40(33)15-4-13-33/h2,5-10,25-26H,1,3-4,11-18H2/t25?,26-/m1/s1. The monoisotopic (exact) mass is 616 g/mol. The Bertz CT molecular complexity index is 1840. The molecule has 1 amide bonds. The second-order valence-electron chi connectivity index (χ2n) is 12.3. The fourth-order valence-corrected chi connectivity index (χ4v) is 8.14. The van der Waals surface area contributed by atoms with Gasteiger partial charge in [0.05, 0.1) is 33.7 Å². The van der Waals surface area contributed by atoms with Crippen LogP contribution in [0.25, 0.3) is 33.1 Å². The number of fused-ring (bicyclic) bond motifs is 4. The average Bonchev–Trinajstić information content (AvgIpc) is 3.69. The maximum atomic E-state index is 14.5. The molecule has 2 aromatic carbocycles. The second kappa shape index (κ2) is 10.3. The molecule has 226 valence electrons. The average molecular weight is 617 g/mol. The van der Waals surface area contributed by atoms with Gasteiger partial charge in [-0.3, -0.25) is 9.69 Å². The molecular weight excluding hydrogens is 586 g/mol. The van der Waals surface area contributed by atoms with E-state index in [9.17, 15) is 13.6 Å². The van der Waals surface area contributed by atoms with Crippen LogP contribution in [-0.4, -0.2) is 81.1 Å². The smallest absolute Gasteiger partial charge is 0.320 e. The number of hydrogen-bond acceptors (Lipinski definition) is 7. The van der Waals surface area contributed by atoms with Crippen LogP contribution in [-0.2, 0) is 4.79 Å². The molecule has 4 aromatic rings.